The molecule has 0 atom stereocenters. The number of hydrogen-bond donors (Lipinski definition) is 1. The van der Waals surface area contributed by atoms with E-state index in [0.717, 1.165) is 3.57 Å². The van der Waals surface area contributed by atoms with Gasteiger partial charge >= 0.3 is 0 Å². The standard InChI is InChI=1S/C9H8INO2/c1-13-8-3-2-6(4-11)9(10)7(8)5-12/h2-3,12H,5H2,1H3. The van der Waals surface area contributed by atoms with Crippen LogP contribution in [0.2, 0.25) is 0 Å². The van der Waals surface area contributed by atoms with E-state index >= 15 is 0 Å². The van der Waals surface area contributed by atoms with Crippen LogP contribution in [0, 0.1) is 14.9 Å². The molecule has 1 rings (SSSR count). The van der Waals surface area contributed by atoms with Gasteiger partial charge in [-0.3, -0.25) is 0 Å². The Morgan fingerprint density at radius 2 is 2.31 bits per heavy atom. The summed E-state index contributed by atoms with van der Waals surface area (Å²) in [5, 5.41) is 17.8. The van der Waals surface area contributed by atoms with Gasteiger partial charge in [0.2, 0.25) is 0 Å². The van der Waals surface area contributed by atoms with Crippen molar-refractivity contribution in [1.29, 1.82) is 5.26 Å². The summed E-state index contributed by atoms with van der Waals surface area (Å²) in [4.78, 5) is 0. The van der Waals surface area contributed by atoms with E-state index in [1.165, 1.54) is 7.11 Å². The van der Waals surface area contributed by atoms with Crippen LogP contribution >= 0.6 is 22.6 Å². The molecule has 0 radical (unpaired) electrons. The van der Waals surface area contributed by atoms with E-state index in [1.54, 1.807) is 12.1 Å². The number of benzene rings is 1. The number of nitriles is 1. The van der Waals surface area contributed by atoms with Gasteiger partial charge in [-0.1, -0.05) is 0 Å². The molecule has 0 aliphatic heterocycles. The molecule has 0 unspecified atom stereocenters. The number of methoxy groups -OCH3 is 1. The number of halogens is 1. The van der Waals surface area contributed by atoms with Crippen molar-refractivity contribution < 1.29 is 9.84 Å². The molecule has 0 spiro atoms. The highest BCUT2D eigenvalue weighted by Crippen LogP contribution is 2.26. The molecule has 1 N–H and O–H groups in total. The van der Waals surface area contributed by atoms with Gasteiger partial charge in [0, 0.05) is 9.13 Å². The minimum atomic E-state index is -0.114. The second-order valence-electron chi connectivity index (χ2n) is 2.38. The van der Waals surface area contributed by atoms with Gasteiger partial charge in [-0.25, -0.2) is 0 Å². The molecule has 0 saturated heterocycles. The SMILES string of the molecule is COc1ccc(C#N)c(I)c1CO. The summed E-state index contributed by atoms with van der Waals surface area (Å²) < 4.78 is 5.79. The Morgan fingerprint density at radius 3 is 2.77 bits per heavy atom. The third kappa shape index (κ3) is 1.92. The van der Waals surface area contributed by atoms with Gasteiger partial charge in [0.25, 0.3) is 0 Å². The van der Waals surface area contributed by atoms with Crippen molar-refractivity contribution >= 4 is 22.6 Å². The summed E-state index contributed by atoms with van der Waals surface area (Å²) in [6.45, 7) is -0.114. The molecule has 13 heavy (non-hydrogen) atoms. The maximum atomic E-state index is 9.06. The summed E-state index contributed by atoms with van der Waals surface area (Å²) >= 11 is 2.03. The van der Waals surface area contributed by atoms with Crippen LogP contribution in [0.15, 0.2) is 12.1 Å². The first-order chi connectivity index (χ1) is 6.24. The molecule has 1 aromatic rings. The fraction of sp³-hybridized carbons (Fsp3) is 0.222. The van der Waals surface area contributed by atoms with Crippen molar-refractivity contribution in [2.75, 3.05) is 7.11 Å². The number of aliphatic hydroxyl groups excluding tert-OH is 1. The van der Waals surface area contributed by atoms with Crippen LogP contribution in [0.25, 0.3) is 0 Å². The van der Waals surface area contributed by atoms with Crippen molar-refractivity contribution in [3.05, 3.63) is 26.8 Å². The Bertz CT molecular complexity index is 357. The van der Waals surface area contributed by atoms with E-state index in [9.17, 15) is 0 Å². The lowest BCUT2D eigenvalue weighted by Gasteiger charge is -2.08. The molecule has 1 aromatic carbocycles. The number of ether oxygens (including phenoxy) is 1. The Morgan fingerprint density at radius 1 is 1.62 bits per heavy atom. The lowest BCUT2D eigenvalue weighted by Crippen LogP contribution is -1.97. The second kappa shape index (κ2) is 4.44. The van der Waals surface area contributed by atoms with E-state index in [1.807, 2.05) is 28.7 Å². The van der Waals surface area contributed by atoms with Crippen LogP contribution in [0.4, 0.5) is 0 Å². The monoisotopic (exact) mass is 289 g/mol. The molecule has 0 heterocycles. The van der Waals surface area contributed by atoms with Crippen LogP contribution in [0.3, 0.4) is 0 Å². The summed E-state index contributed by atoms with van der Waals surface area (Å²) in [5.41, 5.74) is 1.23. The molecule has 0 saturated carbocycles. The van der Waals surface area contributed by atoms with Gasteiger partial charge in [-0.15, -0.1) is 0 Å². The molecule has 0 aliphatic rings. The zero-order valence-corrected chi connectivity index (χ0v) is 9.20. The van der Waals surface area contributed by atoms with Crippen molar-refractivity contribution in [2.45, 2.75) is 6.61 Å². The maximum Gasteiger partial charge on any atom is 0.125 e. The van der Waals surface area contributed by atoms with E-state index < -0.39 is 0 Å². The third-order valence-electron chi connectivity index (χ3n) is 1.70. The minimum Gasteiger partial charge on any atom is -0.496 e. The predicted molar refractivity (Wildman–Crippen MR) is 56.3 cm³/mol. The van der Waals surface area contributed by atoms with Gasteiger partial charge in [0.1, 0.15) is 11.8 Å². The minimum absolute atomic E-state index is 0.114. The Labute approximate surface area is 90.1 Å². The quantitative estimate of drug-likeness (QED) is 0.842. The first-order valence-electron chi connectivity index (χ1n) is 3.61. The smallest absolute Gasteiger partial charge is 0.125 e. The molecular weight excluding hydrogens is 281 g/mol. The van der Waals surface area contributed by atoms with Crippen molar-refractivity contribution in [2.24, 2.45) is 0 Å². The van der Waals surface area contributed by atoms with E-state index in [0.29, 0.717) is 16.9 Å². The van der Waals surface area contributed by atoms with E-state index in [4.69, 9.17) is 15.1 Å². The summed E-state index contributed by atoms with van der Waals surface area (Å²) in [7, 11) is 1.54. The molecule has 0 amide bonds. The van der Waals surface area contributed by atoms with Crippen LogP contribution in [0.1, 0.15) is 11.1 Å². The van der Waals surface area contributed by atoms with Crippen molar-refractivity contribution in [3.63, 3.8) is 0 Å². The molecule has 0 fully saturated rings. The molecule has 0 aliphatic carbocycles. The third-order valence-corrected chi connectivity index (χ3v) is 2.93. The highest BCUT2D eigenvalue weighted by atomic mass is 127. The fourth-order valence-corrected chi connectivity index (χ4v) is 1.77. The van der Waals surface area contributed by atoms with E-state index in [-0.39, 0.29) is 6.61 Å². The zero-order valence-electron chi connectivity index (χ0n) is 7.04. The van der Waals surface area contributed by atoms with E-state index in [2.05, 4.69) is 0 Å². The number of nitrogens with zero attached hydrogens (tertiary/aromatic N) is 1. The lowest BCUT2D eigenvalue weighted by atomic mass is 10.1. The van der Waals surface area contributed by atoms with Gasteiger partial charge in [-0.05, 0) is 34.7 Å². The largest absolute Gasteiger partial charge is 0.496 e. The van der Waals surface area contributed by atoms with Crippen molar-refractivity contribution in [3.8, 4) is 11.8 Å². The normalized spacial score (nSPS) is 9.38. The van der Waals surface area contributed by atoms with Gasteiger partial charge in [0.05, 0.1) is 19.3 Å². The first kappa shape index (κ1) is 10.3. The second-order valence-corrected chi connectivity index (χ2v) is 3.46. The fourth-order valence-electron chi connectivity index (χ4n) is 1.03. The number of rotatable bonds is 2. The Hall–Kier alpha value is -0.800. The molecule has 3 nitrogen and oxygen atoms in total. The molecule has 4 heteroatoms. The number of hydrogen-bond acceptors (Lipinski definition) is 3. The molecular formula is C9H8INO2. The Kier molecular flexibility index (Phi) is 3.51. The molecule has 68 valence electrons. The summed E-state index contributed by atoms with van der Waals surface area (Å²) in [6, 6.07) is 5.41. The molecule has 0 bridgehead atoms. The Balaban J connectivity index is 3.34. The lowest BCUT2D eigenvalue weighted by molar-refractivity contribution is 0.272. The predicted octanol–water partition coefficient (Wildman–Crippen LogP) is 1.66. The first-order valence-corrected chi connectivity index (χ1v) is 4.68. The average Bonchev–Trinajstić information content (AvgIpc) is 2.17. The van der Waals surface area contributed by atoms with Crippen LogP contribution in [0.5, 0.6) is 5.75 Å². The van der Waals surface area contributed by atoms with Crippen molar-refractivity contribution in [1.82, 2.24) is 0 Å². The topological polar surface area (TPSA) is 53.2 Å². The average molecular weight is 289 g/mol. The van der Waals surface area contributed by atoms with Gasteiger partial charge < -0.3 is 9.84 Å². The molecule has 0 aromatic heterocycles. The van der Waals surface area contributed by atoms with Gasteiger partial charge in [0.15, 0.2) is 0 Å². The highest BCUT2D eigenvalue weighted by Gasteiger charge is 2.10. The summed E-state index contributed by atoms with van der Waals surface area (Å²) in [5.74, 6) is 0.617. The summed E-state index contributed by atoms with van der Waals surface area (Å²) in [6.07, 6.45) is 0. The van der Waals surface area contributed by atoms with Crippen LogP contribution in [-0.2, 0) is 6.61 Å². The van der Waals surface area contributed by atoms with Crippen LogP contribution < -0.4 is 4.74 Å². The maximum absolute atomic E-state index is 9.06. The number of aliphatic hydroxyl groups is 1. The van der Waals surface area contributed by atoms with Gasteiger partial charge in [-0.2, -0.15) is 5.26 Å². The zero-order chi connectivity index (χ0) is 9.84. The highest BCUT2D eigenvalue weighted by molar-refractivity contribution is 14.1. The van der Waals surface area contributed by atoms with Crippen LogP contribution in [-0.4, -0.2) is 12.2 Å².